The highest BCUT2D eigenvalue weighted by molar-refractivity contribution is 5.91. The monoisotopic (exact) mass is 364 g/mol. The lowest BCUT2D eigenvalue weighted by atomic mass is 9.99. The maximum Gasteiger partial charge on any atom is 0.422 e. The molecular formula is C15H16F4N2O4. The second kappa shape index (κ2) is 7.58. The lowest BCUT2D eigenvalue weighted by molar-refractivity contribution is -0.153. The van der Waals surface area contributed by atoms with E-state index in [1.165, 1.54) is 4.90 Å². The zero-order chi connectivity index (χ0) is 18.6. The van der Waals surface area contributed by atoms with E-state index in [0.717, 1.165) is 18.2 Å². The SMILES string of the molecule is O=C(O)C1CCCN(C(=O)Nc2ccc(F)cc2OCC(F)(F)F)C1. The molecule has 1 aliphatic heterocycles. The van der Waals surface area contributed by atoms with Crippen molar-refractivity contribution in [2.75, 3.05) is 25.0 Å². The van der Waals surface area contributed by atoms with Gasteiger partial charge < -0.3 is 20.1 Å². The van der Waals surface area contributed by atoms with E-state index in [0.29, 0.717) is 19.4 Å². The molecule has 1 aromatic carbocycles. The Morgan fingerprint density at radius 1 is 1.36 bits per heavy atom. The lowest BCUT2D eigenvalue weighted by Gasteiger charge is -2.30. The van der Waals surface area contributed by atoms with Crippen molar-refractivity contribution in [2.45, 2.75) is 19.0 Å². The number of halogens is 4. The first-order valence-electron chi connectivity index (χ1n) is 7.43. The minimum atomic E-state index is -4.62. The summed E-state index contributed by atoms with van der Waals surface area (Å²) in [6.07, 6.45) is -3.68. The number of alkyl halides is 3. The zero-order valence-electron chi connectivity index (χ0n) is 13.0. The Bertz CT molecular complexity index is 651. The van der Waals surface area contributed by atoms with Crippen LogP contribution in [0, 0.1) is 11.7 Å². The smallest absolute Gasteiger partial charge is 0.422 e. The number of nitrogens with zero attached hydrogens (tertiary/aromatic N) is 1. The van der Waals surface area contributed by atoms with Crippen LogP contribution in [0.1, 0.15) is 12.8 Å². The molecule has 0 aliphatic carbocycles. The largest absolute Gasteiger partial charge is 0.482 e. The van der Waals surface area contributed by atoms with E-state index in [9.17, 15) is 27.2 Å². The molecule has 1 atom stereocenters. The number of likely N-dealkylation sites (tertiary alicyclic amines) is 1. The normalized spacial score (nSPS) is 17.9. The summed E-state index contributed by atoms with van der Waals surface area (Å²) in [5, 5.41) is 11.4. The maximum absolute atomic E-state index is 13.2. The van der Waals surface area contributed by atoms with Gasteiger partial charge in [0.2, 0.25) is 0 Å². The van der Waals surface area contributed by atoms with Gasteiger partial charge in [-0.1, -0.05) is 0 Å². The molecule has 10 heteroatoms. The molecule has 1 aliphatic rings. The number of urea groups is 1. The predicted octanol–water partition coefficient (Wildman–Crippen LogP) is 3.10. The van der Waals surface area contributed by atoms with Crippen LogP contribution < -0.4 is 10.1 Å². The van der Waals surface area contributed by atoms with Gasteiger partial charge in [-0.05, 0) is 25.0 Å². The van der Waals surface area contributed by atoms with Gasteiger partial charge in [-0.3, -0.25) is 4.79 Å². The molecule has 1 aromatic rings. The highest BCUT2D eigenvalue weighted by Gasteiger charge is 2.30. The van der Waals surface area contributed by atoms with E-state index >= 15 is 0 Å². The van der Waals surface area contributed by atoms with Gasteiger partial charge in [0.25, 0.3) is 0 Å². The quantitative estimate of drug-likeness (QED) is 0.805. The van der Waals surface area contributed by atoms with Gasteiger partial charge in [0.05, 0.1) is 11.6 Å². The van der Waals surface area contributed by atoms with Crippen molar-refractivity contribution in [2.24, 2.45) is 5.92 Å². The molecule has 0 aromatic heterocycles. The number of aliphatic carboxylic acids is 1. The number of amides is 2. The maximum atomic E-state index is 13.2. The summed E-state index contributed by atoms with van der Waals surface area (Å²) in [4.78, 5) is 24.5. The van der Waals surface area contributed by atoms with Crippen LogP contribution in [-0.2, 0) is 4.79 Å². The number of ether oxygens (including phenoxy) is 1. The number of carboxylic acids is 1. The summed E-state index contributed by atoms with van der Waals surface area (Å²) in [5.74, 6) is -3.00. The number of carbonyl (C=O) groups is 2. The van der Waals surface area contributed by atoms with Crippen molar-refractivity contribution < 1.29 is 37.0 Å². The molecule has 2 rings (SSSR count). The van der Waals surface area contributed by atoms with Crippen molar-refractivity contribution in [3.05, 3.63) is 24.0 Å². The molecule has 1 unspecified atom stereocenters. The fraction of sp³-hybridized carbons (Fsp3) is 0.467. The molecule has 0 spiro atoms. The van der Waals surface area contributed by atoms with E-state index < -0.39 is 42.3 Å². The standard InChI is InChI=1S/C15H16F4N2O4/c16-10-3-4-11(12(6-10)25-8-15(17,18)19)20-14(24)21-5-1-2-9(7-21)13(22)23/h3-4,6,9H,1-2,5,7-8H2,(H,20,24)(H,22,23). The third kappa shape index (κ3) is 5.50. The molecule has 1 saturated heterocycles. The highest BCUT2D eigenvalue weighted by atomic mass is 19.4. The molecule has 0 radical (unpaired) electrons. The van der Waals surface area contributed by atoms with Gasteiger partial charge in [-0.2, -0.15) is 13.2 Å². The van der Waals surface area contributed by atoms with Crippen molar-refractivity contribution in [3.8, 4) is 5.75 Å². The first-order valence-corrected chi connectivity index (χ1v) is 7.43. The Hall–Kier alpha value is -2.52. The highest BCUT2D eigenvalue weighted by Crippen LogP contribution is 2.28. The number of carboxylic acid groups (broad SMARTS) is 1. The lowest BCUT2D eigenvalue weighted by Crippen LogP contribution is -2.44. The van der Waals surface area contributed by atoms with Crippen LogP contribution in [0.25, 0.3) is 0 Å². The number of benzene rings is 1. The molecule has 138 valence electrons. The van der Waals surface area contributed by atoms with Crippen LogP contribution in [0.4, 0.5) is 28.0 Å². The molecule has 0 bridgehead atoms. The Balaban J connectivity index is 2.08. The summed E-state index contributed by atoms with van der Waals surface area (Å²) < 4.78 is 54.6. The van der Waals surface area contributed by atoms with Crippen LogP contribution >= 0.6 is 0 Å². The third-order valence-electron chi connectivity index (χ3n) is 3.63. The van der Waals surface area contributed by atoms with Crippen molar-refractivity contribution in [3.63, 3.8) is 0 Å². The van der Waals surface area contributed by atoms with Gasteiger partial charge in [-0.15, -0.1) is 0 Å². The zero-order valence-corrected chi connectivity index (χ0v) is 13.0. The number of rotatable bonds is 4. The number of piperidine rings is 1. The van der Waals surface area contributed by atoms with E-state index in [1.807, 2.05) is 0 Å². The average Bonchev–Trinajstić information content (AvgIpc) is 2.54. The first kappa shape index (κ1) is 18.8. The Morgan fingerprint density at radius 2 is 2.08 bits per heavy atom. The Morgan fingerprint density at radius 3 is 2.72 bits per heavy atom. The average molecular weight is 364 g/mol. The van der Waals surface area contributed by atoms with Crippen LogP contribution in [-0.4, -0.2) is 47.9 Å². The fourth-order valence-corrected chi connectivity index (χ4v) is 2.44. The predicted molar refractivity (Wildman–Crippen MR) is 78.9 cm³/mol. The van der Waals surface area contributed by atoms with Crippen LogP contribution in [0.2, 0.25) is 0 Å². The molecule has 25 heavy (non-hydrogen) atoms. The summed E-state index contributed by atoms with van der Waals surface area (Å²) in [6.45, 7) is -1.33. The van der Waals surface area contributed by atoms with E-state index in [2.05, 4.69) is 10.1 Å². The molecular weight excluding hydrogens is 348 g/mol. The Labute approximate surface area is 140 Å². The van der Waals surface area contributed by atoms with Crippen molar-refractivity contribution in [1.29, 1.82) is 0 Å². The van der Waals surface area contributed by atoms with E-state index in [-0.39, 0.29) is 12.2 Å². The molecule has 0 saturated carbocycles. The van der Waals surface area contributed by atoms with Crippen LogP contribution in [0.3, 0.4) is 0 Å². The number of anilines is 1. The van der Waals surface area contributed by atoms with Crippen molar-refractivity contribution >= 4 is 17.7 Å². The Kier molecular flexibility index (Phi) is 5.70. The second-order valence-electron chi connectivity index (χ2n) is 5.60. The summed E-state index contributed by atoms with van der Waals surface area (Å²) >= 11 is 0. The van der Waals surface area contributed by atoms with Gasteiger partial charge in [0, 0.05) is 19.2 Å². The summed E-state index contributed by atoms with van der Waals surface area (Å²) in [5.41, 5.74) is -0.131. The molecule has 1 heterocycles. The summed E-state index contributed by atoms with van der Waals surface area (Å²) in [7, 11) is 0. The minimum absolute atomic E-state index is 0.0128. The number of nitrogens with one attached hydrogen (secondary N) is 1. The number of carbonyl (C=O) groups excluding carboxylic acids is 1. The van der Waals surface area contributed by atoms with Gasteiger partial charge in [0.1, 0.15) is 11.6 Å². The van der Waals surface area contributed by atoms with E-state index in [1.54, 1.807) is 0 Å². The van der Waals surface area contributed by atoms with Crippen LogP contribution in [0.5, 0.6) is 5.75 Å². The molecule has 2 N–H and O–H groups in total. The topological polar surface area (TPSA) is 78.9 Å². The number of hydrogen-bond acceptors (Lipinski definition) is 3. The van der Waals surface area contributed by atoms with Gasteiger partial charge in [-0.25, -0.2) is 9.18 Å². The van der Waals surface area contributed by atoms with Crippen molar-refractivity contribution in [1.82, 2.24) is 4.90 Å². The fourth-order valence-electron chi connectivity index (χ4n) is 2.44. The first-order chi connectivity index (χ1) is 11.7. The van der Waals surface area contributed by atoms with E-state index in [4.69, 9.17) is 5.11 Å². The minimum Gasteiger partial charge on any atom is -0.482 e. The molecule has 6 nitrogen and oxygen atoms in total. The van der Waals surface area contributed by atoms with Gasteiger partial charge >= 0.3 is 18.2 Å². The van der Waals surface area contributed by atoms with Crippen LogP contribution in [0.15, 0.2) is 18.2 Å². The molecule has 2 amide bonds. The second-order valence-corrected chi connectivity index (χ2v) is 5.60. The molecule has 1 fully saturated rings. The third-order valence-corrected chi connectivity index (χ3v) is 3.63. The van der Waals surface area contributed by atoms with Gasteiger partial charge in [0.15, 0.2) is 6.61 Å². The summed E-state index contributed by atoms with van der Waals surface area (Å²) in [6, 6.07) is 2.09. The number of hydrogen-bond donors (Lipinski definition) is 2.